The van der Waals surface area contributed by atoms with Gasteiger partial charge in [0.15, 0.2) is 5.82 Å². The SMILES string of the molecule is Oc1cccc(-c2nc(-c3ccc(F)nc3)c3sccc3n2)c1. The normalized spacial score (nSPS) is 11.0. The van der Waals surface area contributed by atoms with E-state index in [0.717, 1.165) is 21.3 Å². The van der Waals surface area contributed by atoms with Crippen LogP contribution in [0.1, 0.15) is 0 Å². The van der Waals surface area contributed by atoms with Crippen LogP contribution in [0.15, 0.2) is 54.0 Å². The summed E-state index contributed by atoms with van der Waals surface area (Å²) in [6.07, 6.45) is 1.46. The fourth-order valence-electron chi connectivity index (χ4n) is 2.35. The largest absolute Gasteiger partial charge is 0.508 e. The molecule has 4 nitrogen and oxygen atoms in total. The Kier molecular flexibility index (Phi) is 3.24. The van der Waals surface area contributed by atoms with Crippen LogP contribution in [0.3, 0.4) is 0 Å². The van der Waals surface area contributed by atoms with Crippen molar-refractivity contribution >= 4 is 21.6 Å². The van der Waals surface area contributed by atoms with Gasteiger partial charge in [-0.3, -0.25) is 0 Å². The molecule has 23 heavy (non-hydrogen) atoms. The molecule has 0 saturated carbocycles. The first-order chi connectivity index (χ1) is 11.2. The van der Waals surface area contributed by atoms with E-state index in [2.05, 4.69) is 15.0 Å². The third kappa shape index (κ3) is 2.53. The summed E-state index contributed by atoms with van der Waals surface area (Å²) in [6.45, 7) is 0. The zero-order chi connectivity index (χ0) is 15.8. The minimum Gasteiger partial charge on any atom is -0.508 e. The molecule has 0 amide bonds. The van der Waals surface area contributed by atoms with Crippen molar-refractivity contribution in [3.8, 4) is 28.4 Å². The lowest BCUT2D eigenvalue weighted by Gasteiger charge is -2.06. The number of rotatable bonds is 2. The second-order valence-corrected chi connectivity index (χ2v) is 5.87. The van der Waals surface area contributed by atoms with Gasteiger partial charge in [-0.2, -0.15) is 4.39 Å². The molecule has 4 aromatic rings. The maximum atomic E-state index is 13.1. The van der Waals surface area contributed by atoms with Crippen molar-refractivity contribution in [2.75, 3.05) is 0 Å². The highest BCUT2D eigenvalue weighted by Gasteiger charge is 2.13. The number of phenolic OH excluding ortho intramolecular Hbond substituents is 1. The van der Waals surface area contributed by atoms with Gasteiger partial charge in [-0.15, -0.1) is 11.3 Å². The highest BCUT2D eigenvalue weighted by Crippen LogP contribution is 2.32. The number of benzene rings is 1. The van der Waals surface area contributed by atoms with E-state index in [-0.39, 0.29) is 5.75 Å². The van der Waals surface area contributed by atoms with Gasteiger partial charge in [-0.25, -0.2) is 15.0 Å². The molecule has 0 aliphatic heterocycles. The fraction of sp³-hybridized carbons (Fsp3) is 0. The highest BCUT2D eigenvalue weighted by molar-refractivity contribution is 7.17. The van der Waals surface area contributed by atoms with Crippen LogP contribution in [0.25, 0.3) is 32.9 Å². The van der Waals surface area contributed by atoms with E-state index in [4.69, 9.17) is 0 Å². The predicted molar refractivity (Wildman–Crippen MR) is 87.7 cm³/mol. The zero-order valence-electron chi connectivity index (χ0n) is 11.8. The molecule has 0 unspecified atom stereocenters. The van der Waals surface area contributed by atoms with E-state index < -0.39 is 5.95 Å². The average Bonchev–Trinajstić information content (AvgIpc) is 3.03. The molecule has 4 rings (SSSR count). The molecule has 0 bridgehead atoms. The topological polar surface area (TPSA) is 58.9 Å². The van der Waals surface area contributed by atoms with Gasteiger partial charge in [0.25, 0.3) is 0 Å². The second kappa shape index (κ2) is 5.40. The Morgan fingerprint density at radius 2 is 1.91 bits per heavy atom. The lowest BCUT2D eigenvalue weighted by molar-refractivity contribution is 0.475. The van der Waals surface area contributed by atoms with Crippen LogP contribution in [0.2, 0.25) is 0 Å². The maximum Gasteiger partial charge on any atom is 0.212 e. The number of aromatic hydroxyl groups is 1. The van der Waals surface area contributed by atoms with E-state index >= 15 is 0 Å². The Morgan fingerprint density at radius 1 is 1.00 bits per heavy atom. The van der Waals surface area contributed by atoms with E-state index in [1.54, 1.807) is 24.3 Å². The minimum absolute atomic E-state index is 0.154. The highest BCUT2D eigenvalue weighted by atomic mass is 32.1. The number of fused-ring (bicyclic) bond motifs is 1. The first kappa shape index (κ1) is 13.8. The van der Waals surface area contributed by atoms with E-state index in [1.807, 2.05) is 17.5 Å². The number of aromatic nitrogens is 3. The molecule has 1 N–H and O–H groups in total. The molecule has 0 radical (unpaired) electrons. The Morgan fingerprint density at radius 3 is 2.70 bits per heavy atom. The molecule has 0 aliphatic rings. The van der Waals surface area contributed by atoms with Gasteiger partial charge in [0.05, 0.1) is 15.9 Å². The molecule has 3 heterocycles. The summed E-state index contributed by atoms with van der Waals surface area (Å²) in [5.41, 5.74) is 2.95. The van der Waals surface area contributed by atoms with Crippen LogP contribution in [-0.2, 0) is 0 Å². The minimum atomic E-state index is -0.529. The van der Waals surface area contributed by atoms with Gasteiger partial charge in [-0.1, -0.05) is 12.1 Å². The van der Waals surface area contributed by atoms with Crippen molar-refractivity contribution in [1.82, 2.24) is 15.0 Å². The molecule has 0 fully saturated rings. The first-order valence-electron chi connectivity index (χ1n) is 6.87. The number of nitrogens with zero attached hydrogens (tertiary/aromatic N) is 3. The van der Waals surface area contributed by atoms with Crippen LogP contribution < -0.4 is 0 Å². The number of thiophene rings is 1. The van der Waals surface area contributed by atoms with Crippen molar-refractivity contribution in [2.45, 2.75) is 0 Å². The van der Waals surface area contributed by atoms with Crippen molar-refractivity contribution in [3.05, 3.63) is 60.0 Å². The van der Waals surface area contributed by atoms with E-state index in [0.29, 0.717) is 11.5 Å². The average molecular weight is 323 g/mol. The van der Waals surface area contributed by atoms with Crippen molar-refractivity contribution in [2.24, 2.45) is 0 Å². The van der Waals surface area contributed by atoms with Gasteiger partial charge in [0, 0.05) is 17.3 Å². The summed E-state index contributed by atoms with van der Waals surface area (Å²) >= 11 is 1.52. The molecular formula is C17H10FN3OS. The quantitative estimate of drug-likeness (QED) is 0.560. The molecule has 112 valence electrons. The fourth-order valence-corrected chi connectivity index (χ4v) is 3.19. The van der Waals surface area contributed by atoms with E-state index in [1.165, 1.54) is 23.6 Å². The summed E-state index contributed by atoms with van der Waals surface area (Å²) in [6, 6.07) is 11.7. The summed E-state index contributed by atoms with van der Waals surface area (Å²) in [4.78, 5) is 12.9. The lowest BCUT2D eigenvalue weighted by Crippen LogP contribution is -1.94. The molecule has 1 aromatic carbocycles. The standard InChI is InChI=1S/C17H10FN3OS/c18-14-5-4-11(9-19-14)15-16-13(6-7-23-16)20-17(21-15)10-2-1-3-12(22)8-10/h1-9,22H. The second-order valence-electron chi connectivity index (χ2n) is 4.95. The summed E-state index contributed by atoms with van der Waals surface area (Å²) in [7, 11) is 0. The molecule has 0 atom stereocenters. The van der Waals surface area contributed by atoms with Gasteiger partial charge >= 0.3 is 0 Å². The van der Waals surface area contributed by atoms with Gasteiger partial charge in [-0.05, 0) is 35.7 Å². The monoisotopic (exact) mass is 323 g/mol. The summed E-state index contributed by atoms with van der Waals surface area (Å²) in [5.74, 6) is 0.131. The summed E-state index contributed by atoms with van der Waals surface area (Å²) in [5, 5.41) is 11.6. The lowest BCUT2D eigenvalue weighted by atomic mass is 10.1. The van der Waals surface area contributed by atoms with Crippen molar-refractivity contribution in [3.63, 3.8) is 0 Å². The molecular weight excluding hydrogens is 313 g/mol. The Hall–Kier alpha value is -2.86. The maximum absolute atomic E-state index is 13.1. The Labute approximate surface area is 134 Å². The molecule has 3 aromatic heterocycles. The third-order valence-corrected chi connectivity index (χ3v) is 4.32. The smallest absolute Gasteiger partial charge is 0.212 e. The number of phenols is 1. The zero-order valence-corrected chi connectivity index (χ0v) is 12.6. The van der Waals surface area contributed by atoms with Crippen LogP contribution >= 0.6 is 11.3 Å². The molecule has 6 heteroatoms. The van der Waals surface area contributed by atoms with Crippen LogP contribution in [0.5, 0.6) is 5.75 Å². The van der Waals surface area contributed by atoms with Crippen LogP contribution in [-0.4, -0.2) is 20.1 Å². The van der Waals surface area contributed by atoms with E-state index in [9.17, 15) is 9.50 Å². The Balaban J connectivity index is 1.96. The molecule has 0 spiro atoms. The first-order valence-corrected chi connectivity index (χ1v) is 7.75. The summed E-state index contributed by atoms with van der Waals surface area (Å²) < 4.78 is 14.0. The predicted octanol–water partition coefficient (Wildman–Crippen LogP) is 4.27. The molecule has 0 aliphatic carbocycles. The number of pyridine rings is 1. The number of halogens is 1. The van der Waals surface area contributed by atoms with Crippen LogP contribution in [0.4, 0.5) is 4.39 Å². The number of hydrogen-bond acceptors (Lipinski definition) is 5. The van der Waals surface area contributed by atoms with Gasteiger partial charge in [0.2, 0.25) is 5.95 Å². The molecule has 0 saturated heterocycles. The van der Waals surface area contributed by atoms with Crippen molar-refractivity contribution in [1.29, 1.82) is 0 Å². The van der Waals surface area contributed by atoms with Crippen LogP contribution in [0, 0.1) is 5.95 Å². The third-order valence-electron chi connectivity index (χ3n) is 3.41. The van der Waals surface area contributed by atoms with Crippen molar-refractivity contribution < 1.29 is 9.50 Å². The van der Waals surface area contributed by atoms with Gasteiger partial charge in [0.1, 0.15) is 5.75 Å². The number of hydrogen-bond donors (Lipinski definition) is 1. The van der Waals surface area contributed by atoms with Gasteiger partial charge < -0.3 is 5.11 Å². The Bertz CT molecular complexity index is 998.